The average Bonchev–Trinajstić information content (AvgIpc) is 2.60. The molecule has 0 saturated carbocycles. The number of nitrogens with one attached hydrogen (secondary N) is 1. The van der Waals surface area contributed by atoms with Gasteiger partial charge >= 0.3 is 6.18 Å². The van der Waals surface area contributed by atoms with Gasteiger partial charge in [-0.25, -0.2) is 0 Å². The molecule has 0 radical (unpaired) electrons. The first-order valence-electron chi connectivity index (χ1n) is 7.42. The number of pyridine rings is 1. The Morgan fingerprint density at radius 1 is 1.12 bits per heavy atom. The summed E-state index contributed by atoms with van der Waals surface area (Å²) in [7, 11) is 0. The van der Waals surface area contributed by atoms with E-state index in [0.717, 1.165) is 11.6 Å². The molecule has 1 aromatic heterocycles. The van der Waals surface area contributed by atoms with Gasteiger partial charge < -0.3 is 5.32 Å². The van der Waals surface area contributed by atoms with E-state index < -0.39 is 17.0 Å². The monoisotopic (exact) mass is 398 g/mol. The van der Waals surface area contributed by atoms with Crippen LogP contribution in [0.2, 0.25) is 0 Å². The van der Waals surface area contributed by atoms with Gasteiger partial charge in [0.05, 0.1) is 22.3 Å². The number of carbonyl (C=O) groups excluding carboxylic acids is 1. The van der Waals surface area contributed by atoms with Crippen LogP contribution in [0, 0.1) is 0 Å². The summed E-state index contributed by atoms with van der Waals surface area (Å²) in [6.07, 6.45) is -3.26. The van der Waals surface area contributed by atoms with E-state index in [0.29, 0.717) is 11.4 Å². The maximum Gasteiger partial charge on any atom is 0.418 e. The summed E-state index contributed by atoms with van der Waals surface area (Å²) in [5.41, 5.74) is 0.627. The van der Waals surface area contributed by atoms with Gasteiger partial charge in [-0.1, -0.05) is 18.2 Å². The molecule has 1 N–H and O–H groups in total. The lowest BCUT2D eigenvalue weighted by atomic mass is 10.1. The van der Waals surface area contributed by atoms with Crippen LogP contribution in [0.3, 0.4) is 0 Å². The number of rotatable bonds is 4. The van der Waals surface area contributed by atoms with Crippen molar-refractivity contribution in [1.82, 2.24) is 4.98 Å². The third kappa shape index (κ3) is 3.61. The lowest BCUT2D eigenvalue weighted by molar-refractivity contribution is -0.136. The highest BCUT2D eigenvalue weighted by atomic mass is 35.5. The van der Waals surface area contributed by atoms with Crippen LogP contribution in [0.15, 0.2) is 48.7 Å². The van der Waals surface area contributed by atoms with E-state index in [2.05, 4.69) is 10.3 Å². The van der Waals surface area contributed by atoms with Gasteiger partial charge in [0.15, 0.2) is 0 Å². The van der Waals surface area contributed by atoms with Gasteiger partial charge in [-0.3, -0.25) is 9.78 Å². The minimum absolute atomic E-state index is 0.183. The Hall–Kier alpha value is -2.31. The van der Waals surface area contributed by atoms with Gasteiger partial charge in [0.1, 0.15) is 0 Å². The molecule has 0 spiro atoms. The van der Waals surface area contributed by atoms with E-state index in [1.54, 1.807) is 12.1 Å². The summed E-state index contributed by atoms with van der Waals surface area (Å²) >= 11 is 11.4. The maximum absolute atomic E-state index is 13.2. The molecule has 0 aliphatic heterocycles. The highest BCUT2D eigenvalue weighted by Crippen LogP contribution is 2.36. The molecular formula is C18H11Cl2F3N2O. The number of anilines is 2. The number of aromatic nitrogens is 1. The third-order valence-electron chi connectivity index (χ3n) is 3.80. The number of nitrogens with zero attached hydrogens (tertiary/aromatic N) is 1. The highest BCUT2D eigenvalue weighted by molar-refractivity contribution is 6.68. The van der Waals surface area contributed by atoms with Crippen LogP contribution in [0.25, 0.3) is 10.9 Å². The minimum atomic E-state index is -4.53. The number of carbonyl (C=O) groups is 1. The van der Waals surface area contributed by atoms with Gasteiger partial charge in [0.2, 0.25) is 0 Å². The first-order chi connectivity index (χ1) is 12.3. The van der Waals surface area contributed by atoms with Crippen LogP contribution in [0.4, 0.5) is 24.5 Å². The minimum Gasteiger partial charge on any atom is -0.354 e. The summed E-state index contributed by atoms with van der Waals surface area (Å²) in [5.74, 6) is 0.209. The number of alkyl halides is 4. The molecule has 0 bridgehead atoms. The molecule has 3 nitrogen and oxygen atoms in total. The van der Waals surface area contributed by atoms with Crippen LogP contribution in [0.1, 0.15) is 21.5 Å². The molecular weight excluding hydrogens is 388 g/mol. The molecule has 0 atom stereocenters. The van der Waals surface area contributed by atoms with Crippen LogP contribution < -0.4 is 5.32 Å². The third-order valence-corrected chi connectivity index (χ3v) is 4.31. The Labute approximate surface area is 156 Å². The molecule has 26 heavy (non-hydrogen) atoms. The van der Waals surface area contributed by atoms with E-state index in [4.69, 9.17) is 23.2 Å². The number of fused-ring (bicyclic) bond motifs is 1. The molecule has 8 heteroatoms. The average molecular weight is 399 g/mol. The van der Waals surface area contributed by atoms with Gasteiger partial charge in [-0.15, -0.1) is 11.6 Å². The van der Waals surface area contributed by atoms with Gasteiger partial charge in [0.25, 0.3) is 5.24 Å². The number of benzene rings is 2. The fraction of sp³-hybridized carbons (Fsp3) is 0.111. The molecule has 2 aromatic carbocycles. The topological polar surface area (TPSA) is 42.0 Å². The molecule has 0 aliphatic carbocycles. The highest BCUT2D eigenvalue weighted by Gasteiger charge is 2.33. The molecule has 134 valence electrons. The molecule has 0 amide bonds. The van der Waals surface area contributed by atoms with Gasteiger partial charge in [-0.2, -0.15) is 13.2 Å². The smallest absolute Gasteiger partial charge is 0.354 e. The molecule has 0 aliphatic rings. The zero-order chi connectivity index (χ0) is 18.9. The zero-order valence-corrected chi connectivity index (χ0v) is 14.6. The van der Waals surface area contributed by atoms with Crippen molar-refractivity contribution in [3.8, 4) is 0 Å². The first-order valence-corrected chi connectivity index (χ1v) is 8.33. The second kappa shape index (κ2) is 7.13. The van der Waals surface area contributed by atoms with Crippen molar-refractivity contribution >= 4 is 50.7 Å². The molecule has 3 rings (SSSR count). The van der Waals surface area contributed by atoms with Crippen LogP contribution in [0.5, 0.6) is 0 Å². The summed E-state index contributed by atoms with van der Waals surface area (Å²) in [4.78, 5) is 15.5. The SMILES string of the molecule is O=C(Cl)c1ccc(CCl)cc1Nc1ccnc2c(C(F)(F)F)cccc12. The van der Waals surface area contributed by atoms with E-state index in [1.807, 2.05) is 0 Å². The Morgan fingerprint density at radius 3 is 2.54 bits per heavy atom. The predicted octanol–water partition coefficient (Wildman–Crippen LogP) is 6.12. The van der Waals surface area contributed by atoms with Crippen molar-refractivity contribution < 1.29 is 18.0 Å². The lowest BCUT2D eigenvalue weighted by Gasteiger charge is -2.15. The summed E-state index contributed by atoms with van der Waals surface area (Å²) < 4.78 is 39.6. The fourth-order valence-electron chi connectivity index (χ4n) is 2.61. The van der Waals surface area contributed by atoms with E-state index in [9.17, 15) is 18.0 Å². The molecule has 0 unspecified atom stereocenters. The second-order valence-electron chi connectivity index (χ2n) is 5.47. The zero-order valence-electron chi connectivity index (χ0n) is 13.1. The predicted molar refractivity (Wildman–Crippen MR) is 96.2 cm³/mol. The normalized spacial score (nSPS) is 11.6. The van der Waals surface area contributed by atoms with Crippen LogP contribution >= 0.6 is 23.2 Å². The Kier molecular flexibility index (Phi) is 5.07. The molecule has 1 heterocycles. The summed E-state index contributed by atoms with van der Waals surface area (Å²) in [6.45, 7) is 0. The van der Waals surface area contributed by atoms with Crippen LogP contribution in [-0.2, 0) is 12.1 Å². The standard InChI is InChI=1S/C18H11Cl2F3N2O/c19-9-10-4-5-12(17(20)26)15(8-10)25-14-6-7-24-16-11(14)2-1-3-13(16)18(21,22)23/h1-8H,9H2,(H,24,25). The fourth-order valence-corrected chi connectivity index (χ4v) is 2.94. The van der Waals surface area contributed by atoms with Crippen molar-refractivity contribution in [3.05, 3.63) is 65.4 Å². The van der Waals surface area contributed by atoms with Crippen molar-refractivity contribution in [2.45, 2.75) is 12.1 Å². The number of hydrogen-bond donors (Lipinski definition) is 1. The van der Waals surface area contributed by atoms with Crippen molar-refractivity contribution in [3.63, 3.8) is 0 Å². The van der Waals surface area contributed by atoms with E-state index >= 15 is 0 Å². The van der Waals surface area contributed by atoms with Gasteiger partial charge in [-0.05, 0) is 41.4 Å². The Morgan fingerprint density at radius 2 is 1.88 bits per heavy atom. The lowest BCUT2D eigenvalue weighted by Crippen LogP contribution is -2.07. The van der Waals surface area contributed by atoms with Crippen molar-refractivity contribution in [1.29, 1.82) is 0 Å². The number of hydrogen-bond acceptors (Lipinski definition) is 3. The van der Waals surface area contributed by atoms with Crippen molar-refractivity contribution in [2.24, 2.45) is 0 Å². The Bertz CT molecular complexity index is 990. The van der Waals surface area contributed by atoms with E-state index in [1.165, 1.54) is 30.5 Å². The number of para-hydroxylation sites is 1. The Balaban J connectivity index is 2.15. The largest absolute Gasteiger partial charge is 0.418 e. The van der Waals surface area contributed by atoms with Crippen molar-refractivity contribution in [2.75, 3.05) is 5.32 Å². The molecule has 0 fully saturated rings. The number of halogens is 5. The maximum atomic E-state index is 13.2. The van der Waals surface area contributed by atoms with E-state index in [-0.39, 0.29) is 22.3 Å². The molecule has 3 aromatic rings. The quantitative estimate of drug-likeness (QED) is 0.425. The molecule has 0 saturated heterocycles. The van der Waals surface area contributed by atoms with Gasteiger partial charge in [0, 0.05) is 23.2 Å². The van der Waals surface area contributed by atoms with Crippen LogP contribution in [-0.4, -0.2) is 10.2 Å². The summed E-state index contributed by atoms with van der Waals surface area (Å²) in [5, 5.41) is 2.56. The second-order valence-corrected chi connectivity index (χ2v) is 6.08. The first kappa shape index (κ1) is 18.5. The summed E-state index contributed by atoms with van der Waals surface area (Å²) in [6, 6.07) is 10.1.